The molecule has 1 unspecified atom stereocenters. The van der Waals surface area contributed by atoms with Gasteiger partial charge in [0.05, 0.1) is 11.9 Å². The first-order valence-corrected chi connectivity index (χ1v) is 5.30. The smallest absolute Gasteiger partial charge is 0.0536 e. The molecule has 1 atom stereocenters. The van der Waals surface area contributed by atoms with Crippen LogP contribution in [0.5, 0.6) is 0 Å². The molecule has 1 aliphatic rings. The highest BCUT2D eigenvalue weighted by molar-refractivity contribution is 7.99. The van der Waals surface area contributed by atoms with Crippen LogP contribution in [0, 0.1) is 0 Å². The van der Waals surface area contributed by atoms with Gasteiger partial charge in [-0.15, -0.1) is 0 Å². The van der Waals surface area contributed by atoms with Crippen LogP contribution in [0.15, 0.2) is 18.5 Å². The van der Waals surface area contributed by atoms with Crippen LogP contribution < -0.4 is 5.73 Å². The van der Waals surface area contributed by atoms with Crippen molar-refractivity contribution in [2.24, 2.45) is 0 Å². The van der Waals surface area contributed by atoms with Gasteiger partial charge in [-0.1, -0.05) is 0 Å². The van der Waals surface area contributed by atoms with Gasteiger partial charge in [-0.3, -0.25) is 4.98 Å². The fourth-order valence-corrected chi connectivity index (χ4v) is 2.82. The van der Waals surface area contributed by atoms with Crippen molar-refractivity contribution in [2.75, 3.05) is 17.2 Å². The normalized spacial score (nSPS) is 22.8. The van der Waals surface area contributed by atoms with Crippen molar-refractivity contribution in [1.29, 1.82) is 0 Å². The van der Waals surface area contributed by atoms with Gasteiger partial charge in [0.25, 0.3) is 0 Å². The van der Waals surface area contributed by atoms with Crippen molar-refractivity contribution in [3.63, 3.8) is 0 Å². The summed E-state index contributed by atoms with van der Waals surface area (Å²) >= 11 is 2.01. The fourth-order valence-electron chi connectivity index (χ4n) is 1.57. The van der Waals surface area contributed by atoms with E-state index >= 15 is 0 Å². The lowest BCUT2D eigenvalue weighted by atomic mass is 9.99. The monoisotopic (exact) mass is 180 g/mol. The third-order valence-electron chi connectivity index (χ3n) is 2.26. The van der Waals surface area contributed by atoms with Gasteiger partial charge in [-0.25, -0.2) is 0 Å². The Kier molecular flexibility index (Phi) is 2.21. The summed E-state index contributed by atoms with van der Waals surface area (Å²) in [6.07, 6.45) is 4.84. The molecule has 1 aromatic heterocycles. The van der Waals surface area contributed by atoms with Crippen LogP contribution in [0.1, 0.15) is 17.9 Å². The van der Waals surface area contributed by atoms with Crippen molar-refractivity contribution in [3.8, 4) is 0 Å². The third-order valence-corrected chi connectivity index (χ3v) is 3.42. The van der Waals surface area contributed by atoms with Crippen LogP contribution >= 0.6 is 11.8 Å². The van der Waals surface area contributed by atoms with Crippen LogP contribution in [0.2, 0.25) is 0 Å². The zero-order valence-corrected chi connectivity index (χ0v) is 7.68. The van der Waals surface area contributed by atoms with Gasteiger partial charge in [-0.05, 0) is 29.7 Å². The number of nitrogen functional groups attached to an aromatic ring is 1. The molecular formula is C9H12N2S. The summed E-state index contributed by atoms with van der Waals surface area (Å²) in [7, 11) is 0. The van der Waals surface area contributed by atoms with Crippen LogP contribution in [0.3, 0.4) is 0 Å². The first-order chi connectivity index (χ1) is 5.88. The molecule has 0 aliphatic carbocycles. The summed E-state index contributed by atoms with van der Waals surface area (Å²) in [6.45, 7) is 0. The SMILES string of the molecule is Nc1cnccc1C1CCSC1. The molecule has 0 aromatic carbocycles. The van der Waals surface area contributed by atoms with E-state index in [2.05, 4.69) is 4.98 Å². The zero-order valence-electron chi connectivity index (χ0n) is 6.86. The number of hydrogen-bond acceptors (Lipinski definition) is 3. The van der Waals surface area contributed by atoms with Crippen LogP contribution in [0.4, 0.5) is 5.69 Å². The Labute approximate surface area is 76.6 Å². The molecule has 0 amide bonds. The Bertz CT molecular complexity index is 269. The molecule has 0 bridgehead atoms. The van der Waals surface area contributed by atoms with E-state index in [1.807, 2.05) is 24.0 Å². The van der Waals surface area contributed by atoms with Gasteiger partial charge in [0.1, 0.15) is 0 Å². The van der Waals surface area contributed by atoms with Crippen LogP contribution in [0.25, 0.3) is 0 Å². The molecule has 64 valence electrons. The average molecular weight is 180 g/mol. The number of aromatic nitrogens is 1. The van der Waals surface area contributed by atoms with Crippen LogP contribution in [-0.2, 0) is 0 Å². The van der Waals surface area contributed by atoms with Crippen molar-refractivity contribution in [1.82, 2.24) is 4.98 Å². The molecule has 2 N–H and O–H groups in total. The number of anilines is 1. The van der Waals surface area contributed by atoms with E-state index in [0.29, 0.717) is 5.92 Å². The van der Waals surface area contributed by atoms with Gasteiger partial charge in [0.2, 0.25) is 0 Å². The molecule has 3 heteroatoms. The van der Waals surface area contributed by atoms with Crippen molar-refractivity contribution in [2.45, 2.75) is 12.3 Å². The highest BCUT2D eigenvalue weighted by Gasteiger charge is 2.18. The Morgan fingerprint density at radius 2 is 2.50 bits per heavy atom. The minimum atomic E-state index is 0.665. The summed E-state index contributed by atoms with van der Waals surface area (Å²) in [5.74, 6) is 3.15. The van der Waals surface area contributed by atoms with Crippen LogP contribution in [-0.4, -0.2) is 16.5 Å². The lowest BCUT2D eigenvalue weighted by Gasteiger charge is -2.10. The maximum atomic E-state index is 5.83. The number of pyridine rings is 1. The number of thioether (sulfide) groups is 1. The molecule has 1 fully saturated rings. The molecule has 2 rings (SSSR count). The average Bonchev–Trinajstić information content (AvgIpc) is 2.57. The summed E-state index contributed by atoms with van der Waals surface area (Å²) in [5.41, 5.74) is 7.97. The second kappa shape index (κ2) is 3.35. The van der Waals surface area contributed by atoms with Crippen molar-refractivity contribution in [3.05, 3.63) is 24.0 Å². The maximum Gasteiger partial charge on any atom is 0.0536 e. The van der Waals surface area contributed by atoms with Crippen molar-refractivity contribution < 1.29 is 0 Å². The highest BCUT2D eigenvalue weighted by atomic mass is 32.2. The Balaban J connectivity index is 2.26. The van der Waals surface area contributed by atoms with Gasteiger partial charge in [0, 0.05) is 11.9 Å². The van der Waals surface area contributed by atoms with Crippen molar-refractivity contribution >= 4 is 17.4 Å². The molecule has 1 saturated heterocycles. The van der Waals surface area contributed by atoms with E-state index < -0.39 is 0 Å². The molecule has 0 saturated carbocycles. The summed E-state index contributed by atoms with van der Waals surface area (Å²) in [4.78, 5) is 3.98. The standard InChI is InChI=1S/C9H12N2S/c10-9-5-11-3-1-8(9)7-2-4-12-6-7/h1,3,5,7H,2,4,6,10H2. The lowest BCUT2D eigenvalue weighted by Crippen LogP contribution is -2.01. The minimum absolute atomic E-state index is 0.665. The molecule has 1 aromatic rings. The van der Waals surface area contributed by atoms with E-state index in [1.165, 1.54) is 23.5 Å². The Morgan fingerprint density at radius 1 is 1.58 bits per heavy atom. The fraction of sp³-hybridized carbons (Fsp3) is 0.444. The van der Waals surface area contributed by atoms with E-state index in [4.69, 9.17) is 5.73 Å². The first kappa shape index (κ1) is 7.92. The lowest BCUT2D eigenvalue weighted by molar-refractivity contribution is 0.783. The minimum Gasteiger partial charge on any atom is -0.397 e. The van der Waals surface area contributed by atoms with Gasteiger partial charge in [-0.2, -0.15) is 11.8 Å². The maximum absolute atomic E-state index is 5.83. The third kappa shape index (κ3) is 1.41. The summed E-state index contributed by atoms with van der Waals surface area (Å²) < 4.78 is 0. The second-order valence-corrected chi connectivity index (χ2v) is 4.21. The molecule has 12 heavy (non-hydrogen) atoms. The Hall–Kier alpha value is -0.700. The van der Waals surface area contributed by atoms with E-state index in [-0.39, 0.29) is 0 Å². The van der Waals surface area contributed by atoms with Gasteiger partial charge >= 0.3 is 0 Å². The predicted octanol–water partition coefficient (Wildman–Crippen LogP) is 1.88. The summed E-state index contributed by atoms with van der Waals surface area (Å²) in [5, 5.41) is 0. The zero-order chi connectivity index (χ0) is 8.39. The predicted molar refractivity (Wildman–Crippen MR) is 53.3 cm³/mol. The molecule has 0 spiro atoms. The molecule has 2 nitrogen and oxygen atoms in total. The number of nitrogens with zero attached hydrogens (tertiary/aromatic N) is 1. The highest BCUT2D eigenvalue weighted by Crippen LogP contribution is 2.34. The number of hydrogen-bond donors (Lipinski definition) is 1. The van der Waals surface area contributed by atoms with E-state index in [0.717, 1.165) is 5.69 Å². The molecule has 2 heterocycles. The molecular weight excluding hydrogens is 168 g/mol. The van der Waals surface area contributed by atoms with Gasteiger partial charge < -0.3 is 5.73 Å². The quantitative estimate of drug-likeness (QED) is 0.717. The molecule has 0 radical (unpaired) electrons. The van der Waals surface area contributed by atoms with E-state index in [9.17, 15) is 0 Å². The topological polar surface area (TPSA) is 38.9 Å². The largest absolute Gasteiger partial charge is 0.397 e. The summed E-state index contributed by atoms with van der Waals surface area (Å²) in [6, 6.07) is 2.05. The molecule has 1 aliphatic heterocycles. The van der Waals surface area contributed by atoms with E-state index in [1.54, 1.807) is 6.20 Å². The van der Waals surface area contributed by atoms with Gasteiger partial charge in [0.15, 0.2) is 0 Å². The first-order valence-electron chi connectivity index (χ1n) is 4.15. The number of nitrogens with two attached hydrogens (primary N) is 1. The Morgan fingerprint density at radius 3 is 3.17 bits per heavy atom. The number of rotatable bonds is 1. The second-order valence-electron chi connectivity index (χ2n) is 3.07.